The second-order valence-corrected chi connectivity index (χ2v) is 8.95. The summed E-state index contributed by atoms with van der Waals surface area (Å²) in [4.78, 5) is 12.8. The predicted octanol–water partition coefficient (Wildman–Crippen LogP) is 3.34. The molecule has 1 atom stereocenters. The Balaban J connectivity index is 1.78. The molecule has 0 fully saturated rings. The number of nitrogens with one attached hydrogen (secondary N) is 2. The number of rotatable bonds is 7. The highest BCUT2D eigenvalue weighted by atomic mass is 32.2. The van der Waals surface area contributed by atoms with E-state index in [4.69, 9.17) is 4.74 Å². The Morgan fingerprint density at radius 3 is 2.39 bits per heavy atom. The van der Waals surface area contributed by atoms with Gasteiger partial charge >= 0.3 is 0 Å². The van der Waals surface area contributed by atoms with Gasteiger partial charge in [0.05, 0.1) is 23.7 Å². The van der Waals surface area contributed by atoms with E-state index in [0.717, 1.165) is 17.0 Å². The van der Waals surface area contributed by atoms with Gasteiger partial charge in [-0.15, -0.1) is 0 Å². The summed E-state index contributed by atoms with van der Waals surface area (Å²) < 4.78 is 34.9. The molecule has 1 amide bonds. The molecule has 0 aliphatic heterocycles. The first-order valence-electron chi connectivity index (χ1n) is 9.70. The number of anilines is 1. The number of carbonyl (C=O) groups is 1. The summed E-state index contributed by atoms with van der Waals surface area (Å²) in [5.41, 5.74) is 3.40. The number of hydrogen-bond acceptors (Lipinski definition) is 5. The maximum absolute atomic E-state index is 12.8. The molecule has 1 aromatic heterocycles. The van der Waals surface area contributed by atoms with E-state index in [2.05, 4.69) is 15.1 Å². The molecular weight excluding hydrogens is 416 g/mol. The van der Waals surface area contributed by atoms with Gasteiger partial charge in [-0.25, -0.2) is 8.42 Å². The summed E-state index contributed by atoms with van der Waals surface area (Å²) in [5.74, 6) is 0.256. The fourth-order valence-corrected chi connectivity index (χ4v) is 4.55. The fraction of sp³-hybridized carbons (Fsp3) is 0.273. The first kappa shape index (κ1) is 22.4. The number of benzene rings is 2. The molecule has 1 heterocycles. The molecule has 0 radical (unpaired) electrons. The van der Waals surface area contributed by atoms with Crippen molar-refractivity contribution in [2.24, 2.45) is 7.05 Å². The Labute approximate surface area is 182 Å². The second kappa shape index (κ2) is 8.81. The van der Waals surface area contributed by atoms with Crippen LogP contribution in [0.2, 0.25) is 0 Å². The smallest absolute Gasteiger partial charge is 0.261 e. The number of amides is 1. The van der Waals surface area contributed by atoms with Crippen molar-refractivity contribution >= 4 is 21.6 Å². The molecule has 0 bridgehead atoms. The lowest BCUT2D eigenvalue weighted by Crippen LogP contribution is -2.27. The summed E-state index contributed by atoms with van der Waals surface area (Å²) in [7, 11) is -0.477. The van der Waals surface area contributed by atoms with Gasteiger partial charge in [0.25, 0.3) is 15.9 Å². The molecule has 3 aromatic rings. The summed E-state index contributed by atoms with van der Waals surface area (Å²) in [6.07, 6.45) is 0. The zero-order chi connectivity index (χ0) is 22.8. The summed E-state index contributed by atoms with van der Waals surface area (Å²) in [5, 5.41) is 7.31. The van der Waals surface area contributed by atoms with Crippen LogP contribution in [-0.4, -0.2) is 31.2 Å². The first-order valence-corrected chi connectivity index (χ1v) is 11.2. The molecule has 164 valence electrons. The van der Waals surface area contributed by atoms with E-state index >= 15 is 0 Å². The van der Waals surface area contributed by atoms with E-state index in [1.54, 1.807) is 41.1 Å². The van der Waals surface area contributed by atoms with E-state index in [0.29, 0.717) is 11.4 Å². The Bertz CT molecular complexity index is 1200. The summed E-state index contributed by atoms with van der Waals surface area (Å²) >= 11 is 0. The van der Waals surface area contributed by atoms with Crippen molar-refractivity contribution < 1.29 is 17.9 Å². The van der Waals surface area contributed by atoms with Crippen LogP contribution in [0.1, 0.15) is 40.3 Å². The molecule has 9 heteroatoms. The van der Waals surface area contributed by atoms with Crippen molar-refractivity contribution in [1.82, 2.24) is 15.1 Å². The van der Waals surface area contributed by atoms with E-state index in [1.807, 2.05) is 27.8 Å². The maximum atomic E-state index is 12.8. The predicted molar refractivity (Wildman–Crippen MR) is 119 cm³/mol. The van der Waals surface area contributed by atoms with Crippen LogP contribution in [0.15, 0.2) is 53.4 Å². The molecule has 0 spiro atoms. The minimum Gasteiger partial charge on any atom is -0.497 e. The van der Waals surface area contributed by atoms with Crippen LogP contribution in [0.4, 0.5) is 5.69 Å². The second-order valence-electron chi connectivity index (χ2n) is 7.27. The van der Waals surface area contributed by atoms with Gasteiger partial charge in [-0.2, -0.15) is 5.10 Å². The third-order valence-corrected chi connectivity index (χ3v) is 6.47. The zero-order valence-corrected chi connectivity index (χ0v) is 18.9. The van der Waals surface area contributed by atoms with Gasteiger partial charge in [0, 0.05) is 29.6 Å². The van der Waals surface area contributed by atoms with Gasteiger partial charge in [-0.05, 0) is 63.2 Å². The van der Waals surface area contributed by atoms with Gasteiger partial charge in [0.15, 0.2) is 0 Å². The van der Waals surface area contributed by atoms with Crippen molar-refractivity contribution in [3.63, 3.8) is 0 Å². The van der Waals surface area contributed by atoms with Crippen molar-refractivity contribution in [2.45, 2.75) is 31.7 Å². The van der Waals surface area contributed by atoms with Crippen LogP contribution in [-0.2, 0) is 17.1 Å². The molecule has 2 N–H and O–H groups in total. The lowest BCUT2D eigenvalue weighted by Gasteiger charge is -2.15. The third-order valence-electron chi connectivity index (χ3n) is 5.09. The molecule has 8 nitrogen and oxygen atoms in total. The van der Waals surface area contributed by atoms with Crippen LogP contribution < -0.4 is 14.8 Å². The van der Waals surface area contributed by atoms with Crippen molar-refractivity contribution in [2.75, 3.05) is 11.8 Å². The van der Waals surface area contributed by atoms with Crippen LogP contribution in [0.5, 0.6) is 5.75 Å². The highest BCUT2D eigenvalue weighted by molar-refractivity contribution is 7.92. The Morgan fingerprint density at radius 2 is 1.81 bits per heavy atom. The number of hydrogen-bond donors (Lipinski definition) is 2. The van der Waals surface area contributed by atoms with Gasteiger partial charge in [-0.1, -0.05) is 6.07 Å². The maximum Gasteiger partial charge on any atom is 0.261 e. The molecule has 0 saturated carbocycles. The lowest BCUT2D eigenvalue weighted by atomic mass is 10.1. The molecular formula is C22H26N4O4S. The van der Waals surface area contributed by atoms with Gasteiger partial charge < -0.3 is 10.1 Å². The highest BCUT2D eigenvalue weighted by Gasteiger charge is 2.21. The number of methoxy groups -OCH3 is 1. The van der Waals surface area contributed by atoms with E-state index in [1.165, 1.54) is 19.2 Å². The SMILES string of the molecule is COc1ccc(NS(=O)(=O)c2cccc(C(=O)NC(C)c3c(C)nn(C)c3C)c2)cc1. The van der Waals surface area contributed by atoms with Crippen LogP contribution in [0, 0.1) is 13.8 Å². The normalized spacial score (nSPS) is 12.3. The molecule has 0 aliphatic rings. The minimum absolute atomic E-state index is 0.00244. The molecule has 31 heavy (non-hydrogen) atoms. The number of aryl methyl sites for hydroxylation is 2. The molecule has 3 rings (SSSR count). The van der Waals surface area contributed by atoms with Gasteiger partial charge in [0.1, 0.15) is 5.75 Å². The number of sulfonamides is 1. The minimum atomic E-state index is -3.86. The van der Waals surface area contributed by atoms with Crippen LogP contribution in [0.25, 0.3) is 0 Å². The molecule has 2 aromatic carbocycles. The largest absolute Gasteiger partial charge is 0.497 e. The number of carbonyl (C=O) groups excluding carboxylic acids is 1. The Morgan fingerprint density at radius 1 is 1.13 bits per heavy atom. The fourth-order valence-electron chi connectivity index (χ4n) is 3.45. The first-order chi connectivity index (χ1) is 14.6. The Kier molecular flexibility index (Phi) is 6.35. The monoisotopic (exact) mass is 442 g/mol. The van der Waals surface area contributed by atoms with Gasteiger partial charge in [0.2, 0.25) is 0 Å². The van der Waals surface area contributed by atoms with Crippen LogP contribution >= 0.6 is 0 Å². The van der Waals surface area contributed by atoms with Crippen molar-refractivity contribution in [3.8, 4) is 5.75 Å². The number of ether oxygens (including phenoxy) is 1. The standard InChI is InChI=1S/C22H26N4O4S/c1-14(21-15(2)24-26(4)16(21)3)23-22(27)17-7-6-8-20(13-17)31(28,29)25-18-9-11-19(30-5)12-10-18/h6-14,25H,1-5H3,(H,23,27). The Hall–Kier alpha value is -3.33. The molecule has 0 saturated heterocycles. The zero-order valence-electron chi connectivity index (χ0n) is 18.1. The van der Waals surface area contributed by atoms with Crippen molar-refractivity contribution in [1.29, 1.82) is 0 Å². The van der Waals surface area contributed by atoms with Gasteiger partial charge in [-0.3, -0.25) is 14.2 Å². The van der Waals surface area contributed by atoms with Crippen molar-refractivity contribution in [3.05, 3.63) is 71.0 Å². The summed E-state index contributed by atoms with van der Waals surface area (Å²) in [6, 6.07) is 12.2. The van der Waals surface area contributed by atoms with Crippen LogP contribution in [0.3, 0.4) is 0 Å². The average Bonchev–Trinajstić information content (AvgIpc) is 2.99. The average molecular weight is 443 g/mol. The third kappa shape index (κ3) is 4.88. The quantitative estimate of drug-likeness (QED) is 0.584. The lowest BCUT2D eigenvalue weighted by molar-refractivity contribution is 0.0939. The van der Waals surface area contributed by atoms with E-state index in [9.17, 15) is 13.2 Å². The highest BCUT2D eigenvalue weighted by Crippen LogP contribution is 2.22. The van der Waals surface area contributed by atoms with E-state index in [-0.39, 0.29) is 22.4 Å². The molecule has 0 aliphatic carbocycles. The number of aromatic nitrogens is 2. The number of nitrogens with zero attached hydrogens (tertiary/aromatic N) is 2. The topological polar surface area (TPSA) is 102 Å². The van der Waals surface area contributed by atoms with E-state index < -0.39 is 10.0 Å². The summed E-state index contributed by atoms with van der Waals surface area (Å²) in [6.45, 7) is 5.71. The molecule has 1 unspecified atom stereocenters.